The summed E-state index contributed by atoms with van der Waals surface area (Å²) in [6, 6.07) is 10.5. The smallest absolute Gasteiger partial charge is 0.219 e. The Kier molecular flexibility index (Phi) is 4.11. The minimum Gasteiger partial charge on any atom is -0.368 e. The van der Waals surface area contributed by atoms with Crippen LogP contribution in [0.3, 0.4) is 0 Å². The molecule has 0 N–H and O–H groups in total. The number of rotatable bonds is 2. The Morgan fingerprint density at radius 3 is 2.50 bits per heavy atom. The van der Waals surface area contributed by atoms with Crippen LogP contribution in [0.5, 0.6) is 0 Å². The zero-order valence-corrected chi connectivity index (χ0v) is 15.4. The van der Waals surface area contributed by atoms with Crippen molar-refractivity contribution in [2.45, 2.75) is 13.8 Å². The molecule has 4 rings (SSSR count). The topological polar surface area (TPSA) is 54.3 Å². The SMILES string of the molecule is CC(=O)N1CCN(c2ccc3nc(-c4ccnn4C)cc(C)c3c2)CC1. The predicted octanol–water partition coefficient (Wildman–Crippen LogP) is 2.61. The maximum absolute atomic E-state index is 11.5. The zero-order valence-electron chi connectivity index (χ0n) is 15.4. The van der Waals surface area contributed by atoms with Crippen LogP contribution in [0.15, 0.2) is 36.5 Å². The molecule has 1 amide bonds. The second kappa shape index (κ2) is 6.44. The molecule has 0 bridgehead atoms. The van der Waals surface area contributed by atoms with Gasteiger partial charge in [-0.15, -0.1) is 0 Å². The third-order valence-corrected chi connectivity index (χ3v) is 5.17. The molecule has 0 aliphatic carbocycles. The van der Waals surface area contributed by atoms with E-state index in [1.54, 1.807) is 13.1 Å². The van der Waals surface area contributed by atoms with Crippen LogP contribution in [0.2, 0.25) is 0 Å². The first kappa shape index (κ1) is 16.6. The Morgan fingerprint density at radius 2 is 1.85 bits per heavy atom. The van der Waals surface area contributed by atoms with E-state index >= 15 is 0 Å². The molecular formula is C20H23N5O. The van der Waals surface area contributed by atoms with Crippen LogP contribution in [-0.4, -0.2) is 51.8 Å². The molecule has 3 aromatic rings. The summed E-state index contributed by atoms with van der Waals surface area (Å²) in [5, 5.41) is 5.41. The fraction of sp³-hybridized carbons (Fsp3) is 0.350. The van der Waals surface area contributed by atoms with Gasteiger partial charge >= 0.3 is 0 Å². The van der Waals surface area contributed by atoms with Gasteiger partial charge in [-0.2, -0.15) is 5.10 Å². The monoisotopic (exact) mass is 349 g/mol. The van der Waals surface area contributed by atoms with Crippen molar-refractivity contribution in [1.82, 2.24) is 19.7 Å². The van der Waals surface area contributed by atoms with E-state index in [1.807, 2.05) is 22.7 Å². The maximum atomic E-state index is 11.5. The number of carbonyl (C=O) groups excluding carboxylic acids is 1. The lowest BCUT2D eigenvalue weighted by molar-refractivity contribution is -0.129. The minimum atomic E-state index is 0.158. The van der Waals surface area contributed by atoms with E-state index in [0.29, 0.717) is 0 Å². The predicted molar refractivity (Wildman–Crippen MR) is 103 cm³/mol. The van der Waals surface area contributed by atoms with Crippen molar-refractivity contribution < 1.29 is 4.79 Å². The molecular weight excluding hydrogens is 326 g/mol. The van der Waals surface area contributed by atoms with E-state index in [9.17, 15) is 4.79 Å². The molecule has 0 unspecified atom stereocenters. The molecule has 6 nitrogen and oxygen atoms in total. The van der Waals surface area contributed by atoms with Crippen molar-refractivity contribution in [3.05, 3.63) is 42.1 Å². The number of amides is 1. The first-order chi connectivity index (χ1) is 12.5. The van der Waals surface area contributed by atoms with Crippen LogP contribution >= 0.6 is 0 Å². The van der Waals surface area contributed by atoms with Crippen molar-refractivity contribution in [3.63, 3.8) is 0 Å². The number of carbonyl (C=O) groups is 1. The van der Waals surface area contributed by atoms with E-state index in [0.717, 1.165) is 43.1 Å². The van der Waals surface area contributed by atoms with Gasteiger partial charge in [-0.3, -0.25) is 9.48 Å². The largest absolute Gasteiger partial charge is 0.368 e. The van der Waals surface area contributed by atoms with Crippen LogP contribution in [0.1, 0.15) is 12.5 Å². The summed E-state index contributed by atoms with van der Waals surface area (Å²) < 4.78 is 1.84. The molecule has 1 aliphatic rings. The first-order valence-electron chi connectivity index (χ1n) is 8.93. The van der Waals surface area contributed by atoms with Gasteiger partial charge in [0.1, 0.15) is 0 Å². The number of nitrogens with zero attached hydrogens (tertiary/aromatic N) is 5. The van der Waals surface area contributed by atoms with Crippen molar-refractivity contribution in [2.24, 2.45) is 7.05 Å². The van der Waals surface area contributed by atoms with E-state index in [4.69, 9.17) is 4.98 Å². The highest BCUT2D eigenvalue weighted by Crippen LogP contribution is 2.28. The fourth-order valence-corrected chi connectivity index (χ4v) is 3.61. The average molecular weight is 349 g/mol. The summed E-state index contributed by atoms with van der Waals surface area (Å²) in [7, 11) is 1.93. The van der Waals surface area contributed by atoms with Crippen molar-refractivity contribution >= 4 is 22.5 Å². The highest BCUT2D eigenvalue weighted by Gasteiger charge is 2.19. The van der Waals surface area contributed by atoms with Gasteiger partial charge in [-0.1, -0.05) is 0 Å². The number of pyridine rings is 1. The van der Waals surface area contributed by atoms with E-state index < -0.39 is 0 Å². The molecule has 2 aromatic heterocycles. The number of anilines is 1. The summed E-state index contributed by atoms with van der Waals surface area (Å²) in [5.41, 5.74) is 5.35. The van der Waals surface area contributed by atoms with E-state index in [2.05, 4.69) is 41.2 Å². The Bertz CT molecular complexity index is 969. The molecule has 0 radical (unpaired) electrons. The van der Waals surface area contributed by atoms with Gasteiger partial charge < -0.3 is 9.80 Å². The van der Waals surface area contributed by atoms with E-state index in [-0.39, 0.29) is 5.91 Å². The molecule has 134 valence electrons. The molecule has 1 fully saturated rings. The highest BCUT2D eigenvalue weighted by atomic mass is 16.2. The third kappa shape index (κ3) is 2.92. The summed E-state index contributed by atoms with van der Waals surface area (Å²) in [5.74, 6) is 0.158. The van der Waals surface area contributed by atoms with Crippen molar-refractivity contribution in [1.29, 1.82) is 0 Å². The number of piperazine rings is 1. The van der Waals surface area contributed by atoms with Crippen LogP contribution in [0.25, 0.3) is 22.3 Å². The summed E-state index contributed by atoms with van der Waals surface area (Å²) in [6.45, 7) is 7.06. The number of fused-ring (bicyclic) bond motifs is 1. The number of benzene rings is 1. The fourth-order valence-electron chi connectivity index (χ4n) is 3.61. The van der Waals surface area contributed by atoms with Gasteiger partial charge in [0.05, 0.1) is 16.9 Å². The molecule has 0 saturated carbocycles. The number of aryl methyl sites for hydroxylation is 2. The van der Waals surface area contributed by atoms with Gasteiger partial charge in [0, 0.05) is 57.4 Å². The zero-order chi connectivity index (χ0) is 18.3. The number of hydrogen-bond donors (Lipinski definition) is 0. The Hall–Kier alpha value is -2.89. The Balaban J connectivity index is 1.65. The Morgan fingerprint density at radius 1 is 1.08 bits per heavy atom. The molecule has 6 heteroatoms. The van der Waals surface area contributed by atoms with Gasteiger partial charge in [-0.05, 0) is 42.8 Å². The lowest BCUT2D eigenvalue weighted by Gasteiger charge is -2.35. The van der Waals surface area contributed by atoms with Gasteiger partial charge in [0.25, 0.3) is 0 Å². The normalized spacial score (nSPS) is 14.9. The highest BCUT2D eigenvalue weighted by molar-refractivity contribution is 5.87. The lowest BCUT2D eigenvalue weighted by atomic mass is 10.1. The molecule has 1 aromatic carbocycles. The van der Waals surface area contributed by atoms with Crippen molar-refractivity contribution in [3.8, 4) is 11.4 Å². The molecule has 3 heterocycles. The number of aromatic nitrogens is 3. The average Bonchev–Trinajstić information content (AvgIpc) is 3.07. The van der Waals surface area contributed by atoms with Crippen LogP contribution in [0.4, 0.5) is 5.69 Å². The van der Waals surface area contributed by atoms with Crippen LogP contribution in [-0.2, 0) is 11.8 Å². The molecule has 1 aliphatic heterocycles. The lowest BCUT2D eigenvalue weighted by Crippen LogP contribution is -2.48. The third-order valence-electron chi connectivity index (χ3n) is 5.17. The van der Waals surface area contributed by atoms with Crippen LogP contribution in [0, 0.1) is 6.92 Å². The summed E-state index contributed by atoms with van der Waals surface area (Å²) in [4.78, 5) is 20.6. The molecule has 26 heavy (non-hydrogen) atoms. The van der Waals surface area contributed by atoms with Gasteiger partial charge in [-0.25, -0.2) is 4.98 Å². The molecule has 1 saturated heterocycles. The van der Waals surface area contributed by atoms with E-state index in [1.165, 1.54) is 16.6 Å². The summed E-state index contributed by atoms with van der Waals surface area (Å²) >= 11 is 0. The first-order valence-corrected chi connectivity index (χ1v) is 8.93. The minimum absolute atomic E-state index is 0.158. The summed E-state index contributed by atoms with van der Waals surface area (Å²) in [6.07, 6.45) is 1.79. The maximum Gasteiger partial charge on any atom is 0.219 e. The quantitative estimate of drug-likeness (QED) is 0.714. The molecule has 0 atom stereocenters. The second-order valence-electron chi connectivity index (χ2n) is 6.86. The van der Waals surface area contributed by atoms with Crippen LogP contribution < -0.4 is 4.90 Å². The Labute approximate surface area is 153 Å². The van der Waals surface area contributed by atoms with Gasteiger partial charge in [0.15, 0.2) is 0 Å². The molecule has 0 spiro atoms. The standard InChI is InChI=1S/C20H23N5O/c1-14-12-19(20-6-7-21-23(20)3)22-18-5-4-16(13-17(14)18)25-10-8-24(9-11-25)15(2)26/h4-7,12-13H,8-11H2,1-3H3. The van der Waals surface area contributed by atoms with Crippen molar-refractivity contribution in [2.75, 3.05) is 31.1 Å². The second-order valence-corrected chi connectivity index (χ2v) is 6.86. The number of hydrogen-bond acceptors (Lipinski definition) is 4. The van der Waals surface area contributed by atoms with Gasteiger partial charge in [0.2, 0.25) is 5.91 Å².